The summed E-state index contributed by atoms with van der Waals surface area (Å²) in [6.07, 6.45) is 0.674. The molecule has 2 aromatic rings. The Hall–Kier alpha value is -1.16. The van der Waals surface area contributed by atoms with Crippen molar-refractivity contribution in [2.45, 2.75) is 18.2 Å². The van der Waals surface area contributed by atoms with Crippen LogP contribution in [0.25, 0.3) is 11.0 Å². The van der Waals surface area contributed by atoms with Crippen LogP contribution in [0.4, 0.5) is 0 Å². The summed E-state index contributed by atoms with van der Waals surface area (Å²) in [7, 11) is -3.68. The van der Waals surface area contributed by atoms with Crippen LogP contribution in [0.5, 0.6) is 0 Å². The van der Waals surface area contributed by atoms with Gasteiger partial charge in [0.1, 0.15) is 15.9 Å². The molecule has 9 heteroatoms. The van der Waals surface area contributed by atoms with E-state index in [1.165, 1.54) is 10.4 Å². The van der Waals surface area contributed by atoms with E-state index in [4.69, 9.17) is 18.0 Å². The molecule has 0 bridgehead atoms. The van der Waals surface area contributed by atoms with Crippen molar-refractivity contribution in [1.82, 2.24) is 13.1 Å². The van der Waals surface area contributed by atoms with Gasteiger partial charge in [0, 0.05) is 6.54 Å². The minimum absolute atomic E-state index is 0.0272. The van der Waals surface area contributed by atoms with E-state index < -0.39 is 10.0 Å². The molecule has 0 fully saturated rings. The third kappa shape index (κ3) is 2.95. The lowest BCUT2D eigenvalue weighted by Crippen LogP contribution is -2.38. The lowest BCUT2D eigenvalue weighted by atomic mass is 10.3. The van der Waals surface area contributed by atoms with E-state index >= 15 is 0 Å². The maximum atomic E-state index is 12.7. The van der Waals surface area contributed by atoms with Gasteiger partial charge in [0.2, 0.25) is 10.0 Å². The monoisotopic (exact) mass is 330 g/mol. The molecule has 108 valence electrons. The number of benzene rings is 1. The highest BCUT2D eigenvalue weighted by atomic mass is 32.2. The molecule has 0 spiro atoms. The molecule has 2 N–H and O–H groups in total. The van der Waals surface area contributed by atoms with Gasteiger partial charge in [0.05, 0.1) is 23.3 Å². The van der Waals surface area contributed by atoms with Crippen molar-refractivity contribution in [1.29, 1.82) is 0 Å². The number of aromatic nitrogens is 2. The van der Waals surface area contributed by atoms with Crippen LogP contribution in [-0.4, -0.2) is 39.5 Å². The Bertz CT molecular complexity index is 726. The molecular formula is C11H14N4O2S3. The molecule has 0 amide bonds. The fourth-order valence-electron chi connectivity index (χ4n) is 1.84. The molecule has 0 saturated carbocycles. The quantitative estimate of drug-likeness (QED) is 0.805. The molecule has 0 aliphatic rings. The number of thiocarbonyl (C=S) groups is 1. The summed E-state index contributed by atoms with van der Waals surface area (Å²) < 4.78 is 34.8. The van der Waals surface area contributed by atoms with Crippen LogP contribution in [0.1, 0.15) is 13.3 Å². The predicted octanol–water partition coefficient (Wildman–Crippen LogP) is 1.38. The highest BCUT2D eigenvalue weighted by Gasteiger charge is 2.27. The Kier molecular flexibility index (Phi) is 4.63. The van der Waals surface area contributed by atoms with Gasteiger partial charge in [-0.2, -0.15) is 13.1 Å². The number of fused-ring (bicyclic) bond motifs is 1. The largest absolute Gasteiger partial charge is 0.392 e. The molecule has 1 heterocycles. The van der Waals surface area contributed by atoms with E-state index in [0.29, 0.717) is 24.0 Å². The van der Waals surface area contributed by atoms with E-state index in [-0.39, 0.29) is 16.4 Å². The maximum Gasteiger partial charge on any atom is 0.245 e. The van der Waals surface area contributed by atoms with Gasteiger partial charge in [-0.15, -0.1) is 0 Å². The minimum Gasteiger partial charge on any atom is -0.392 e. The van der Waals surface area contributed by atoms with E-state index in [9.17, 15) is 8.42 Å². The van der Waals surface area contributed by atoms with Gasteiger partial charge >= 0.3 is 0 Å². The lowest BCUT2D eigenvalue weighted by molar-refractivity contribution is 0.450. The van der Waals surface area contributed by atoms with Gasteiger partial charge in [0.25, 0.3) is 0 Å². The van der Waals surface area contributed by atoms with Gasteiger partial charge in [-0.1, -0.05) is 25.2 Å². The highest BCUT2D eigenvalue weighted by molar-refractivity contribution is 7.89. The molecule has 0 unspecified atom stereocenters. The summed E-state index contributed by atoms with van der Waals surface area (Å²) in [6, 6.07) is 4.92. The zero-order chi connectivity index (χ0) is 14.8. The summed E-state index contributed by atoms with van der Waals surface area (Å²) in [5, 5.41) is 0. The first-order valence-electron chi connectivity index (χ1n) is 5.96. The minimum atomic E-state index is -3.68. The molecular weight excluding hydrogens is 316 g/mol. The van der Waals surface area contributed by atoms with E-state index in [1.807, 2.05) is 6.92 Å². The van der Waals surface area contributed by atoms with Crippen molar-refractivity contribution in [3.8, 4) is 0 Å². The first-order chi connectivity index (χ1) is 9.46. The normalized spacial score (nSPS) is 12.1. The maximum absolute atomic E-state index is 12.7. The summed E-state index contributed by atoms with van der Waals surface area (Å²) in [5.74, 6) is 0. The Balaban J connectivity index is 2.51. The van der Waals surface area contributed by atoms with Crippen LogP contribution in [0.15, 0.2) is 23.1 Å². The average molecular weight is 330 g/mol. The van der Waals surface area contributed by atoms with Crippen LogP contribution >= 0.6 is 23.9 Å². The standard InChI is InChI=1S/C11H14N4O2S3/c1-2-6-15(7-10(12)18)20(16,17)9-5-3-4-8-11(9)14-19-13-8/h3-5H,2,6-7H2,1H3,(H2,12,18). The Morgan fingerprint density at radius 2 is 2.20 bits per heavy atom. The SMILES string of the molecule is CCCN(CC(N)=S)S(=O)(=O)c1cccc2nsnc12. The molecule has 0 aliphatic heterocycles. The van der Waals surface area contributed by atoms with Crippen LogP contribution < -0.4 is 5.73 Å². The molecule has 2 rings (SSSR count). The molecule has 0 aliphatic carbocycles. The number of sulfonamides is 1. The van der Waals surface area contributed by atoms with Crippen LogP contribution in [0, 0.1) is 0 Å². The zero-order valence-corrected chi connectivity index (χ0v) is 13.3. The fraction of sp³-hybridized carbons (Fsp3) is 0.364. The second-order valence-electron chi connectivity index (χ2n) is 4.19. The Labute approximate surface area is 127 Å². The number of nitrogens with two attached hydrogens (primary N) is 1. The molecule has 1 aromatic carbocycles. The van der Waals surface area contributed by atoms with Crippen molar-refractivity contribution < 1.29 is 8.42 Å². The number of rotatable bonds is 6. The third-order valence-corrected chi connectivity index (χ3v) is 5.22. The van der Waals surface area contributed by atoms with Gasteiger partial charge in [-0.25, -0.2) is 8.42 Å². The van der Waals surface area contributed by atoms with E-state index in [2.05, 4.69) is 8.75 Å². The average Bonchev–Trinajstić information content (AvgIpc) is 2.85. The van der Waals surface area contributed by atoms with Crippen molar-refractivity contribution in [2.24, 2.45) is 5.73 Å². The topological polar surface area (TPSA) is 89.2 Å². The lowest BCUT2D eigenvalue weighted by Gasteiger charge is -2.21. The summed E-state index contributed by atoms with van der Waals surface area (Å²) in [4.78, 5) is 0.291. The van der Waals surface area contributed by atoms with Crippen LogP contribution in [0.3, 0.4) is 0 Å². The summed E-state index contributed by atoms with van der Waals surface area (Å²) in [5.41, 5.74) is 6.45. The summed E-state index contributed by atoms with van der Waals surface area (Å²) in [6.45, 7) is 2.28. The van der Waals surface area contributed by atoms with E-state index in [0.717, 1.165) is 11.7 Å². The fourth-order valence-corrected chi connectivity index (χ4v) is 4.34. The summed E-state index contributed by atoms with van der Waals surface area (Å²) >= 11 is 5.82. The Morgan fingerprint density at radius 3 is 2.85 bits per heavy atom. The van der Waals surface area contributed by atoms with Crippen molar-refractivity contribution in [3.63, 3.8) is 0 Å². The molecule has 6 nitrogen and oxygen atoms in total. The van der Waals surface area contributed by atoms with Gasteiger partial charge < -0.3 is 5.73 Å². The Morgan fingerprint density at radius 1 is 1.45 bits per heavy atom. The zero-order valence-electron chi connectivity index (χ0n) is 10.8. The van der Waals surface area contributed by atoms with Crippen LogP contribution in [0.2, 0.25) is 0 Å². The second kappa shape index (κ2) is 6.08. The van der Waals surface area contributed by atoms with Crippen molar-refractivity contribution >= 4 is 50.0 Å². The van der Waals surface area contributed by atoms with E-state index in [1.54, 1.807) is 12.1 Å². The molecule has 20 heavy (non-hydrogen) atoms. The first-order valence-corrected chi connectivity index (χ1v) is 8.54. The third-order valence-electron chi connectivity index (χ3n) is 2.67. The number of hydrogen-bond acceptors (Lipinski definition) is 6. The predicted molar refractivity (Wildman–Crippen MR) is 83.3 cm³/mol. The highest BCUT2D eigenvalue weighted by Crippen LogP contribution is 2.24. The molecule has 1 aromatic heterocycles. The second-order valence-corrected chi connectivity index (χ2v) is 7.15. The molecule has 0 atom stereocenters. The van der Waals surface area contributed by atoms with Gasteiger partial charge in [-0.3, -0.25) is 0 Å². The van der Waals surface area contributed by atoms with Crippen molar-refractivity contribution in [3.05, 3.63) is 18.2 Å². The number of nitrogens with zero attached hydrogens (tertiary/aromatic N) is 3. The molecule has 0 saturated heterocycles. The van der Waals surface area contributed by atoms with Crippen molar-refractivity contribution in [2.75, 3.05) is 13.1 Å². The van der Waals surface area contributed by atoms with Crippen LogP contribution in [-0.2, 0) is 10.0 Å². The van der Waals surface area contributed by atoms with Gasteiger partial charge in [-0.05, 0) is 18.6 Å². The first kappa shape index (κ1) is 15.2. The van der Waals surface area contributed by atoms with Gasteiger partial charge in [0.15, 0.2) is 0 Å². The number of hydrogen-bond donors (Lipinski definition) is 1. The molecule has 0 radical (unpaired) electrons. The smallest absolute Gasteiger partial charge is 0.245 e.